The van der Waals surface area contributed by atoms with Gasteiger partial charge in [-0.15, -0.1) is 0 Å². The van der Waals surface area contributed by atoms with Crippen LogP contribution in [-0.4, -0.2) is 29.7 Å². The Morgan fingerprint density at radius 3 is 2.57 bits per heavy atom. The van der Waals surface area contributed by atoms with Gasteiger partial charge in [-0.3, -0.25) is 4.79 Å². The molecule has 1 atom stereocenters. The second-order valence-electron chi connectivity index (χ2n) is 8.30. The Morgan fingerprint density at radius 2 is 1.80 bits per heavy atom. The SMILES string of the molecule is O=C(NC[C@@H]1CCCO1)c1ccc(-n2c(-c3ccccc3)cc3c2CCCC3)cc1. The van der Waals surface area contributed by atoms with Crippen LogP contribution in [0.4, 0.5) is 0 Å². The third kappa shape index (κ3) is 3.80. The lowest BCUT2D eigenvalue weighted by Gasteiger charge is -2.18. The summed E-state index contributed by atoms with van der Waals surface area (Å²) in [6, 6.07) is 20.9. The predicted octanol–water partition coefficient (Wildman–Crippen LogP) is 4.93. The minimum atomic E-state index is -0.0325. The topological polar surface area (TPSA) is 43.3 Å². The summed E-state index contributed by atoms with van der Waals surface area (Å²) in [6.45, 7) is 1.39. The van der Waals surface area contributed by atoms with E-state index in [0.717, 1.165) is 38.0 Å². The van der Waals surface area contributed by atoms with Gasteiger partial charge in [-0.2, -0.15) is 0 Å². The van der Waals surface area contributed by atoms with Crippen molar-refractivity contribution in [3.63, 3.8) is 0 Å². The largest absolute Gasteiger partial charge is 0.376 e. The molecule has 154 valence electrons. The molecule has 0 unspecified atom stereocenters. The highest BCUT2D eigenvalue weighted by molar-refractivity contribution is 5.94. The molecule has 2 heterocycles. The Hall–Kier alpha value is -2.85. The van der Waals surface area contributed by atoms with E-state index in [1.807, 2.05) is 12.1 Å². The van der Waals surface area contributed by atoms with Gasteiger partial charge >= 0.3 is 0 Å². The highest BCUT2D eigenvalue weighted by Crippen LogP contribution is 2.33. The molecular weight excluding hydrogens is 372 g/mol. The first kappa shape index (κ1) is 19.1. The Bertz CT molecular complexity index is 1020. The molecule has 5 rings (SSSR count). The van der Waals surface area contributed by atoms with Crippen molar-refractivity contribution in [2.24, 2.45) is 0 Å². The van der Waals surface area contributed by atoms with Gasteiger partial charge in [0.15, 0.2) is 0 Å². The van der Waals surface area contributed by atoms with Gasteiger partial charge in [0.05, 0.1) is 11.8 Å². The van der Waals surface area contributed by atoms with E-state index in [2.05, 4.69) is 58.4 Å². The Balaban J connectivity index is 1.42. The van der Waals surface area contributed by atoms with Crippen LogP contribution in [0.5, 0.6) is 0 Å². The van der Waals surface area contributed by atoms with Crippen molar-refractivity contribution in [2.45, 2.75) is 44.6 Å². The summed E-state index contributed by atoms with van der Waals surface area (Å²) in [4.78, 5) is 12.5. The molecule has 1 aliphatic heterocycles. The molecular formula is C26H28N2O2. The molecule has 1 N–H and O–H groups in total. The van der Waals surface area contributed by atoms with Crippen LogP contribution < -0.4 is 5.32 Å². The van der Waals surface area contributed by atoms with Crippen LogP contribution in [0.1, 0.15) is 47.3 Å². The fourth-order valence-electron chi connectivity index (χ4n) is 4.69. The molecule has 1 fully saturated rings. The van der Waals surface area contributed by atoms with Crippen LogP contribution >= 0.6 is 0 Å². The van der Waals surface area contributed by atoms with Crippen LogP contribution in [0, 0.1) is 0 Å². The van der Waals surface area contributed by atoms with Gasteiger partial charge in [-0.1, -0.05) is 30.3 Å². The number of aryl methyl sites for hydroxylation is 1. The van der Waals surface area contributed by atoms with Crippen molar-refractivity contribution in [3.8, 4) is 16.9 Å². The summed E-state index contributed by atoms with van der Waals surface area (Å²) in [5.41, 5.74) is 7.14. The first-order chi connectivity index (χ1) is 14.8. The summed E-state index contributed by atoms with van der Waals surface area (Å²) in [6.07, 6.45) is 7.01. The smallest absolute Gasteiger partial charge is 0.251 e. The number of ether oxygens (including phenoxy) is 1. The number of rotatable bonds is 5. The van der Waals surface area contributed by atoms with Gasteiger partial charge in [0, 0.05) is 30.1 Å². The molecule has 4 heteroatoms. The van der Waals surface area contributed by atoms with Gasteiger partial charge in [-0.05, 0) is 80.0 Å². The molecule has 0 saturated carbocycles. The number of aromatic nitrogens is 1. The van der Waals surface area contributed by atoms with Crippen LogP contribution in [0.2, 0.25) is 0 Å². The number of amides is 1. The molecule has 1 aromatic heterocycles. The second kappa shape index (κ2) is 8.49. The van der Waals surface area contributed by atoms with E-state index >= 15 is 0 Å². The molecule has 0 spiro atoms. The van der Waals surface area contributed by atoms with Gasteiger partial charge in [0.25, 0.3) is 5.91 Å². The molecule has 2 aromatic carbocycles. The van der Waals surface area contributed by atoms with Crippen LogP contribution in [0.15, 0.2) is 60.7 Å². The second-order valence-corrected chi connectivity index (χ2v) is 8.30. The zero-order valence-corrected chi connectivity index (χ0v) is 17.3. The maximum absolute atomic E-state index is 12.5. The van der Waals surface area contributed by atoms with Gasteiger partial charge in [0.1, 0.15) is 0 Å². The number of benzene rings is 2. The molecule has 1 saturated heterocycles. The number of carbonyl (C=O) groups is 1. The van der Waals surface area contributed by atoms with Crippen LogP contribution in [0.3, 0.4) is 0 Å². The number of nitrogens with one attached hydrogen (secondary N) is 1. The summed E-state index contributed by atoms with van der Waals surface area (Å²) in [5, 5.41) is 3.01. The van der Waals surface area contributed by atoms with Crippen molar-refractivity contribution >= 4 is 5.91 Å². The number of nitrogens with zero attached hydrogens (tertiary/aromatic N) is 1. The molecule has 1 aliphatic carbocycles. The standard InChI is InChI=1S/C26H28N2O2/c29-26(27-18-23-10-6-16-30-23)20-12-14-22(15-13-20)28-24-11-5-4-9-21(24)17-25(28)19-7-2-1-3-8-19/h1-3,7-8,12-15,17,23H,4-6,9-11,16,18H2,(H,27,29)/t23-/m0/s1. The zero-order valence-electron chi connectivity index (χ0n) is 17.3. The first-order valence-electron chi connectivity index (χ1n) is 11.1. The molecule has 3 aromatic rings. The molecule has 30 heavy (non-hydrogen) atoms. The Labute approximate surface area is 177 Å². The van der Waals surface area contributed by atoms with E-state index in [1.165, 1.54) is 35.4 Å². The summed E-state index contributed by atoms with van der Waals surface area (Å²) in [5.74, 6) is -0.0325. The maximum atomic E-state index is 12.5. The minimum absolute atomic E-state index is 0.0325. The van der Waals surface area contributed by atoms with Crippen molar-refractivity contribution in [1.82, 2.24) is 9.88 Å². The third-order valence-corrected chi connectivity index (χ3v) is 6.27. The fourth-order valence-corrected chi connectivity index (χ4v) is 4.69. The van der Waals surface area contributed by atoms with E-state index in [9.17, 15) is 4.79 Å². The van der Waals surface area contributed by atoms with Crippen molar-refractivity contribution in [3.05, 3.63) is 77.5 Å². The Kier molecular flexibility index (Phi) is 5.41. The highest BCUT2D eigenvalue weighted by Gasteiger charge is 2.21. The van der Waals surface area contributed by atoms with E-state index in [-0.39, 0.29) is 12.0 Å². The Morgan fingerprint density at radius 1 is 1.00 bits per heavy atom. The van der Waals surface area contributed by atoms with E-state index < -0.39 is 0 Å². The van der Waals surface area contributed by atoms with Crippen molar-refractivity contribution < 1.29 is 9.53 Å². The van der Waals surface area contributed by atoms with Gasteiger partial charge < -0.3 is 14.6 Å². The molecule has 0 radical (unpaired) electrons. The summed E-state index contributed by atoms with van der Waals surface area (Å²) in [7, 11) is 0. The lowest BCUT2D eigenvalue weighted by Crippen LogP contribution is -2.31. The average Bonchev–Trinajstić information content (AvgIpc) is 3.46. The van der Waals surface area contributed by atoms with E-state index in [1.54, 1.807) is 0 Å². The summed E-state index contributed by atoms with van der Waals surface area (Å²) >= 11 is 0. The van der Waals surface area contributed by atoms with Crippen molar-refractivity contribution in [2.75, 3.05) is 13.2 Å². The third-order valence-electron chi connectivity index (χ3n) is 6.27. The predicted molar refractivity (Wildman–Crippen MR) is 119 cm³/mol. The summed E-state index contributed by atoms with van der Waals surface area (Å²) < 4.78 is 7.98. The number of hydrogen-bond acceptors (Lipinski definition) is 2. The quantitative estimate of drug-likeness (QED) is 0.660. The first-order valence-corrected chi connectivity index (χ1v) is 11.1. The van der Waals surface area contributed by atoms with Crippen LogP contribution in [-0.2, 0) is 17.6 Å². The monoisotopic (exact) mass is 400 g/mol. The number of carbonyl (C=O) groups excluding carboxylic acids is 1. The number of fused-ring (bicyclic) bond motifs is 1. The molecule has 0 bridgehead atoms. The minimum Gasteiger partial charge on any atom is -0.376 e. The lowest BCUT2D eigenvalue weighted by molar-refractivity contribution is 0.0858. The number of hydrogen-bond donors (Lipinski definition) is 1. The molecule has 4 nitrogen and oxygen atoms in total. The zero-order chi connectivity index (χ0) is 20.3. The maximum Gasteiger partial charge on any atom is 0.251 e. The normalized spacial score (nSPS) is 18.2. The molecule has 2 aliphatic rings. The van der Waals surface area contributed by atoms with Gasteiger partial charge in [0.2, 0.25) is 0 Å². The lowest BCUT2D eigenvalue weighted by atomic mass is 9.98. The van der Waals surface area contributed by atoms with E-state index in [4.69, 9.17) is 4.74 Å². The highest BCUT2D eigenvalue weighted by atomic mass is 16.5. The average molecular weight is 401 g/mol. The van der Waals surface area contributed by atoms with Gasteiger partial charge in [-0.25, -0.2) is 0 Å². The van der Waals surface area contributed by atoms with Crippen LogP contribution in [0.25, 0.3) is 16.9 Å². The molecule has 1 amide bonds. The fraction of sp³-hybridized carbons (Fsp3) is 0.346. The van der Waals surface area contributed by atoms with Crippen molar-refractivity contribution in [1.29, 1.82) is 0 Å². The van der Waals surface area contributed by atoms with E-state index in [0.29, 0.717) is 12.1 Å².